The SMILES string of the molecule is NCC(CN)NC(=O)/C=C/c1ccc(OCc2cccnc2)cc1. The van der Waals surface area contributed by atoms with E-state index in [0.717, 1.165) is 16.9 Å². The molecule has 1 amide bonds. The van der Waals surface area contributed by atoms with Crippen LogP contribution in [0.2, 0.25) is 0 Å². The largest absolute Gasteiger partial charge is 0.489 e. The van der Waals surface area contributed by atoms with E-state index in [1.165, 1.54) is 6.08 Å². The van der Waals surface area contributed by atoms with Crippen LogP contribution in [0.4, 0.5) is 0 Å². The number of rotatable bonds is 8. The molecule has 126 valence electrons. The molecule has 6 heteroatoms. The molecule has 1 aromatic heterocycles. The Labute approximate surface area is 141 Å². The monoisotopic (exact) mass is 326 g/mol. The fourth-order valence-corrected chi connectivity index (χ4v) is 1.96. The first kappa shape index (κ1) is 17.7. The average Bonchev–Trinajstić information content (AvgIpc) is 2.64. The van der Waals surface area contributed by atoms with Gasteiger partial charge < -0.3 is 21.5 Å². The van der Waals surface area contributed by atoms with E-state index in [9.17, 15) is 4.79 Å². The molecule has 6 nitrogen and oxygen atoms in total. The van der Waals surface area contributed by atoms with Crippen molar-refractivity contribution in [2.75, 3.05) is 13.1 Å². The molecule has 1 aromatic carbocycles. The Morgan fingerprint density at radius 1 is 1.21 bits per heavy atom. The molecule has 2 rings (SSSR count). The number of carbonyl (C=O) groups excluding carboxylic acids is 1. The maximum absolute atomic E-state index is 11.7. The highest BCUT2D eigenvalue weighted by atomic mass is 16.5. The number of amides is 1. The molecule has 0 atom stereocenters. The van der Waals surface area contributed by atoms with Gasteiger partial charge in [-0.15, -0.1) is 0 Å². The fraction of sp³-hybridized carbons (Fsp3) is 0.222. The summed E-state index contributed by atoms with van der Waals surface area (Å²) < 4.78 is 5.68. The number of benzene rings is 1. The molecule has 5 N–H and O–H groups in total. The number of ether oxygens (including phenoxy) is 1. The van der Waals surface area contributed by atoms with Crippen LogP contribution in [0.15, 0.2) is 54.9 Å². The molecule has 1 heterocycles. The highest BCUT2D eigenvalue weighted by molar-refractivity contribution is 5.91. The van der Waals surface area contributed by atoms with Crippen LogP contribution in [-0.4, -0.2) is 30.0 Å². The lowest BCUT2D eigenvalue weighted by molar-refractivity contribution is -0.117. The summed E-state index contributed by atoms with van der Waals surface area (Å²) >= 11 is 0. The highest BCUT2D eigenvalue weighted by Gasteiger charge is 2.05. The van der Waals surface area contributed by atoms with Crippen molar-refractivity contribution in [1.29, 1.82) is 0 Å². The molecular weight excluding hydrogens is 304 g/mol. The number of pyridine rings is 1. The lowest BCUT2D eigenvalue weighted by Gasteiger charge is -2.12. The second-order valence-corrected chi connectivity index (χ2v) is 5.23. The van der Waals surface area contributed by atoms with Crippen LogP contribution in [0.3, 0.4) is 0 Å². The molecule has 0 bridgehead atoms. The van der Waals surface area contributed by atoms with Gasteiger partial charge in [-0.3, -0.25) is 9.78 Å². The Morgan fingerprint density at radius 3 is 2.58 bits per heavy atom. The van der Waals surface area contributed by atoms with Gasteiger partial charge in [-0.2, -0.15) is 0 Å². The van der Waals surface area contributed by atoms with Crippen LogP contribution in [0.25, 0.3) is 6.08 Å². The minimum atomic E-state index is -0.215. The quantitative estimate of drug-likeness (QED) is 0.630. The van der Waals surface area contributed by atoms with E-state index in [2.05, 4.69) is 10.3 Å². The Bertz CT molecular complexity index is 652. The summed E-state index contributed by atoms with van der Waals surface area (Å²) in [7, 11) is 0. The van der Waals surface area contributed by atoms with Gasteiger partial charge in [0.25, 0.3) is 0 Å². The number of aromatic nitrogens is 1. The molecule has 2 aromatic rings. The van der Waals surface area contributed by atoms with E-state index in [1.54, 1.807) is 18.5 Å². The van der Waals surface area contributed by atoms with Crippen molar-refractivity contribution in [3.8, 4) is 5.75 Å². The maximum Gasteiger partial charge on any atom is 0.244 e. The van der Waals surface area contributed by atoms with Gasteiger partial charge >= 0.3 is 0 Å². The third kappa shape index (κ3) is 5.83. The zero-order valence-electron chi connectivity index (χ0n) is 13.4. The maximum atomic E-state index is 11.7. The molecule has 0 saturated heterocycles. The average molecular weight is 326 g/mol. The number of hydrogen-bond donors (Lipinski definition) is 3. The van der Waals surface area contributed by atoms with Crippen LogP contribution in [0.1, 0.15) is 11.1 Å². The summed E-state index contributed by atoms with van der Waals surface area (Å²) in [6, 6.07) is 11.1. The second-order valence-electron chi connectivity index (χ2n) is 5.23. The van der Waals surface area contributed by atoms with E-state index < -0.39 is 0 Å². The third-order valence-electron chi connectivity index (χ3n) is 3.35. The molecule has 0 fully saturated rings. The molecule has 0 aliphatic carbocycles. The zero-order valence-corrected chi connectivity index (χ0v) is 13.4. The fourth-order valence-electron chi connectivity index (χ4n) is 1.96. The molecular formula is C18H22N4O2. The van der Waals surface area contributed by atoms with Crippen molar-refractivity contribution in [1.82, 2.24) is 10.3 Å². The summed E-state index contributed by atoms with van der Waals surface area (Å²) in [6.07, 6.45) is 6.68. The minimum absolute atomic E-state index is 0.203. The standard InChI is InChI=1S/C18H22N4O2/c19-10-16(11-20)22-18(23)8-5-14-3-6-17(7-4-14)24-13-15-2-1-9-21-12-15/h1-9,12,16H,10-11,13,19-20H2,(H,22,23)/b8-5+. The van der Waals surface area contributed by atoms with Gasteiger partial charge in [0.1, 0.15) is 12.4 Å². The number of nitrogens with one attached hydrogen (secondary N) is 1. The first-order valence-electron chi connectivity index (χ1n) is 7.71. The number of nitrogens with two attached hydrogens (primary N) is 2. The van der Waals surface area contributed by atoms with Gasteiger partial charge in [0, 0.05) is 37.1 Å². The lowest BCUT2D eigenvalue weighted by atomic mass is 10.2. The highest BCUT2D eigenvalue weighted by Crippen LogP contribution is 2.14. The molecule has 0 aliphatic heterocycles. The molecule has 24 heavy (non-hydrogen) atoms. The van der Waals surface area contributed by atoms with Gasteiger partial charge in [0.15, 0.2) is 0 Å². The van der Waals surface area contributed by atoms with Crippen LogP contribution in [0.5, 0.6) is 5.75 Å². The van der Waals surface area contributed by atoms with Crippen LogP contribution in [0, 0.1) is 0 Å². The number of hydrogen-bond acceptors (Lipinski definition) is 5. The Hall–Kier alpha value is -2.70. The molecule has 0 saturated carbocycles. The van der Waals surface area contributed by atoms with Gasteiger partial charge in [-0.25, -0.2) is 0 Å². The van der Waals surface area contributed by atoms with Crippen molar-refractivity contribution in [2.24, 2.45) is 11.5 Å². The normalized spacial score (nSPS) is 11.0. The van der Waals surface area contributed by atoms with E-state index in [0.29, 0.717) is 19.7 Å². The molecule has 0 spiro atoms. The smallest absolute Gasteiger partial charge is 0.244 e. The Kier molecular flexibility index (Phi) is 6.94. The van der Waals surface area contributed by atoms with Gasteiger partial charge in [-0.1, -0.05) is 18.2 Å². The van der Waals surface area contributed by atoms with Gasteiger partial charge in [-0.05, 0) is 29.8 Å². The summed E-state index contributed by atoms with van der Waals surface area (Å²) in [4.78, 5) is 15.8. The van der Waals surface area contributed by atoms with E-state index in [-0.39, 0.29) is 11.9 Å². The summed E-state index contributed by atoms with van der Waals surface area (Å²) in [5.41, 5.74) is 12.9. The predicted molar refractivity (Wildman–Crippen MR) is 94.1 cm³/mol. The Balaban J connectivity index is 1.85. The molecule has 0 unspecified atom stereocenters. The Morgan fingerprint density at radius 2 is 1.96 bits per heavy atom. The second kappa shape index (κ2) is 9.44. The predicted octanol–water partition coefficient (Wildman–Crippen LogP) is 1.08. The van der Waals surface area contributed by atoms with Crippen LogP contribution >= 0.6 is 0 Å². The number of nitrogens with zero attached hydrogens (tertiary/aromatic N) is 1. The van der Waals surface area contributed by atoms with Gasteiger partial charge in [0.2, 0.25) is 5.91 Å². The first-order chi connectivity index (χ1) is 11.7. The first-order valence-corrected chi connectivity index (χ1v) is 7.71. The van der Waals surface area contributed by atoms with Gasteiger partial charge in [0.05, 0.1) is 6.04 Å². The van der Waals surface area contributed by atoms with Crippen molar-refractivity contribution in [2.45, 2.75) is 12.6 Å². The molecule has 0 radical (unpaired) electrons. The van der Waals surface area contributed by atoms with Crippen molar-refractivity contribution in [3.63, 3.8) is 0 Å². The van der Waals surface area contributed by atoms with Crippen LogP contribution in [-0.2, 0) is 11.4 Å². The third-order valence-corrected chi connectivity index (χ3v) is 3.35. The van der Waals surface area contributed by atoms with Crippen LogP contribution < -0.4 is 21.5 Å². The summed E-state index contributed by atoms with van der Waals surface area (Å²) in [5.74, 6) is 0.541. The van der Waals surface area contributed by atoms with Crippen molar-refractivity contribution in [3.05, 3.63) is 66.0 Å². The topological polar surface area (TPSA) is 103 Å². The summed E-state index contributed by atoms with van der Waals surface area (Å²) in [5, 5.41) is 2.73. The minimum Gasteiger partial charge on any atom is -0.489 e. The van der Waals surface area contributed by atoms with E-state index in [1.807, 2.05) is 36.4 Å². The van der Waals surface area contributed by atoms with E-state index in [4.69, 9.17) is 16.2 Å². The molecule has 0 aliphatic rings. The number of carbonyl (C=O) groups is 1. The van der Waals surface area contributed by atoms with E-state index >= 15 is 0 Å². The lowest BCUT2D eigenvalue weighted by Crippen LogP contribution is -2.44. The summed E-state index contributed by atoms with van der Waals surface area (Å²) in [6.45, 7) is 1.10. The van der Waals surface area contributed by atoms with Crippen molar-refractivity contribution >= 4 is 12.0 Å². The zero-order chi connectivity index (χ0) is 17.2. The van der Waals surface area contributed by atoms with Crippen molar-refractivity contribution < 1.29 is 9.53 Å².